The van der Waals surface area contributed by atoms with Crippen LogP contribution in [0.25, 0.3) is 0 Å². The third-order valence-corrected chi connectivity index (χ3v) is 2.68. The Kier molecular flexibility index (Phi) is 4.27. The lowest BCUT2D eigenvalue weighted by atomic mass is 9.98. The molecule has 0 amide bonds. The molecular formula is C6H13O10P. The van der Waals surface area contributed by atoms with Crippen LogP contribution in [0.1, 0.15) is 0 Å². The fourth-order valence-corrected chi connectivity index (χ4v) is 1.86. The molecule has 5 atom stereocenters. The van der Waals surface area contributed by atoms with Crippen molar-refractivity contribution in [1.82, 2.24) is 0 Å². The van der Waals surface area contributed by atoms with Gasteiger partial charge in [0, 0.05) is 0 Å². The zero-order valence-corrected chi connectivity index (χ0v) is 9.21. The lowest BCUT2D eigenvalue weighted by molar-refractivity contribution is -0.425. The molecule has 0 aromatic heterocycles. The third kappa shape index (κ3) is 3.20. The number of ether oxygens (including phenoxy) is 1. The fraction of sp³-hybridized carbons (Fsp3) is 1.00. The van der Waals surface area contributed by atoms with Gasteiger partial charge in [0.2, 0.25) is 0 Å². The van der Waals surface area contributed by atoms with Crippen LogP contribution in [-0.2, 0) is 13.8 Å². The van der Waals surface area contributed by atoms with Crippen molar-refractivity contribution < 1.29 is 49.1 Å². The Labute approximate surface area is 94.9 Å². The van der Waals surface area contributed by atoms with E-state index in [-0.39, 0.29) is 0 Å². The zero-order chi connectivity index (χ0) is 13.4. The summed E-state index contributed by atoms with van der Waals surface area (Å²) in [5, 5.41) is 46.1. The van der Waals surface area contributed by atoms with E-state index in [1.807, 2.05) is 0 Å². The third-order valence-electron chi connectivity index (χ3n) is 2.18. The summed E-state index contributed by atoms with van der Waals surface area (Å²) in [7, 11) is -5.23. The van der Waals surface area contributed by atoms with Gasteiger partial charge in [0.05, 0.1) is 6.61 Å². The first-order valence-corrected chi connectivity index (χ1v) is 5.95. The zero-order valence-electron chi connectivity index (χ0n) is 8.32. The van der Waals surface area contributed by atoms with E-state index in [4.69, 9.17) is 14.9 Å². The minimum absolute atomic E-state index is 0.877. The second kappa shape index (κ2) is 4.86. The number of aliphatic hydroxyl groups excluding tert-OH is 4. The summed E-state index contributed by atoms with van der Waals surface area (Å²) >= 11 is 0. The molecule has 10 nitrogen and oxygen atoms in total. The quantitative estimate of drug-likeness (QED) is 0.200. The van der Waals surface area contributed by atoms with Gasteiger partial charge in [0.25, 0.3) is 0 Å². The highest BCUT2D eigenvalue weighted by Crippen LogP contribution is 2.44. The molecule has 17 heavy (non-hydrogen) atoms. The molecule has 11 heteroatoms. The van der Waals surface area contributed by atoms with Crippen molar-refractivity contribution >= 4 is 7.82 Å². The van der Waals surface area contributed by atoms with Crippen LogP contribution in [0, 0.1) is 0 Å². The molecule has 1 aliphatic heterocycles. The maximum atomic E-state index is 10.5. The fourth-order valence-electron chi connectivity index (χ4n) is 1.37. The molecule has 1 saturated heterocycles. The first-order valence-electron chi connectivity index (χ1n) is 4.42. The van der Waals surface area contributed by atoms with Gasteiger partial charge in [-0.25, -0.2) is 9.09 Å². The average molecular weight is 276 g/mol. The van der Waals surface area contributed by atoms with Crippen LogP contribution in [0.5, 0.6) is 0 Å². The standard InChI is InChI=1S/C6H13O10P/c7-1-2-3(8)4(9)5(10)6(11,15-2)16-17(12,13)14/h2-5,7-11H,1H2,(H2,12,13,14). The molecule has 102 valence electrons. The van der Waals surface area contributed by atoms with Gasteiger partial charge in [-0.05, 0) is 0 Å². The van der Waals surface area contributed by atoms with Crippen molar-refractivity contribution in [3.05, 3.63) is 0 Å². The largest absolute Gasteiger partial charge is 0.474 e. The summed E-state index contributed by atoms with van der Waals surface area (Å²) in [6, 6.07) is 0. The van der Waals surface area contributed by atoms with E-state index in [0.717, 1.165) is 0 Å². The van der Waals surface area contributed by atoms with E-state index in [1.54, 1.807) is 0 Å². The Bertz CT molecular complexity index is 314. The first-order chi connectivity index (χ1) is 7.60. The number of phosphoric acid groups is 1. The van der Waals surface area contributed by atoms with E-state index < -0.39 is 44.8 Å². The monoisotopic (exact) mass is 276 g/mol. The lowest BCUT2D eigenvalue weighted by Gasteiger charge is -2.43. The van der Waals surface area contributed by atoms with Crippen LogP contribution < -0.4 is 0 Å². The second-order valence-electron chi connectivity index (χ2n) is 3.48. The minimum atomic E-state index is -5.23. The van der Waals surface area contributed by atoms with Gasteiger partial charge in [-0.2, -0.15) is 0 Å². The van der Waals surface area contributed by atoms with Crippen LogP contribution in [0.2, 0.25) is 0 Å². The minimum Gasteiger partial charge on any atom is -0.394 e. The summed E-state index contributed by atoms with van der Waals surface area (Å²) in [5.41, 5.74) is 0. The molecule has 1 fully saturated rings. The molecule has 0 spiro atoms. The van der Waals surface area contributed by atoms with Gasteiger partial charge in [0.1, 0.15) is 18.3 Å². The molecule has 1 aliphatic rings. The van der Waals surface area contributed by atoms with E-state index in [1.165, 1.54) is 0 Å². The summed E-state index contributed by atoms with van der Waals surface area (Å²) in [6.07, 6.45) is -7.68. The SMILES string of the molecule is O=P(O)(O)OC1(O)OC(CO)C(O)C(O)C1O. The van der Waals surface area contributed by atoms with Crippen LogP contribution in [0.3, 0.4) is 0 Å². The highest BCUT2D eigenvalue weighted by atomic mass is 31.2. The highest BCUT2D eigenvalue weighted by molar-refractivity contribution is 7.46. The van der Waals surface area contributed by atoms with Crippen LogP contribution in [0.4, 0.5) is 0 Å². The van der Waals surface area contributed by atoms with E-state index >= 15 is 0 Å². The predicted octanol–water partition coefficient (Wildman–Crippen LogP) is -3.78. The second-order valence-corrected chi connectivity index (χ2v) is 4.64. The number of aliphatic hydroxyl groups is 5. The van der Waals surface area contributed by atoms with E-state index in [9.17, 15) is 25.0 Å². The molecule has 1 rings (SSSR count). The molecule has 5 unspecified atom stereocenters. The van der Waals surface area contributed by atoms with Crippen LogP contribution >= 0.6 is 7.82 Å². The van der Waals surface area contributed by atoms with Crippen molar-refractivity contribution in [3.8, 4) is 0 Å². The topological polar surface area (TPSA) is 177 Å². The normalized spacial score (nSPS) is 43.7. The number of hydrogen-bond donors (Lipinski definition) is 7. The molecule has 0 aromatic rings. The van der Waals surface area contributed by atoms with Crippen molar-refractivity contribution in [3.63, 3.8) is 0 Å². The summed E-state index contributed by atoms with van der Waals surface area (Å²) in [6.45, 7) is -0.877. The molecule has 7 N–H and O–H groups in total. The lowest BCUT2D eigenvalue weighted by Crippen LogP contribution is -2.65. The Balaban J connectivity index is 2.95. The van der Waals surface area contributed by atoms with E-state index in [0.29, 0.717) is 0 Å². The van der Waals surface area contributed by atoms with Crippen molar-refractivity contribution in [2.24, 2.45) is 0 Å². The molecular weight excluding hydrogens is 263 g/mol. The maximum Gasteiger partial charge on any atom is 0.474 e. The van der Waals surface area contributed by atoms with Gasteiger partial charge in [-0.1, -0.05) is 0 Å². The van der Waals surface area contributed by atoms with Crippen molar-refractivity contribution in [2.45, 2.75) is 30.4 Å². The summed E-state index contributed by atoms with van der Waals surface area (Å²) in [4.78, 5) is 17.0. The van der Waals surface area contributed by atoms with E-state index in [2.05, 4.69) is 9.26 Å². The van der Waals surface area contributed by atoms with Crippen molar-refractivity contribution in [2.75, 3.05) is 6.61 Å². The van der Waals surface area contributed by atoms with Gasteiger partial charge in [-0.15, -0.1) is 0 Å². The molecule has 0 aliphatic carbocycles. The number of rotatable bonds is 3. The maximum absolute atomic E-state index is 10.5. The molecule has 0 saturated carbocycles. The Morgan fingerprint density at radius 1 is 1.24 bits per heavy atom. The van der Waals surface area contributed by atoms with Gasteiger partial charge < -0.3 is 40.1 Å². The predicted molar refractivity (Wildman–Crippen MR) is 48.1 cm³/mol. The Morgan fingerprint density at radius 3 is 2.18 bits per heavy atom. The number of phosphoric ester groups is 1. The first kappa shape index (κ1) is 14.9. The molecule has 1 heterocycles. The Hall–Kier alpha value is -0.130. The van der Waals surface area contributed by atoms with Crippen LogP contribution in [-0.4, -0.2) is 72.3 Å². The smallest absolute Gasteiger partial charge is 0.394 e. The highest BCUT2D eigenvalue weighted by Gasteiger charge is 2.56. The number of hydrogen-bond acceptors (Lipinski definition) is 8. The summed E-state index contributed by atoms with van der Waals surface area (Å²) < 4.78 is 18.8. The molecule has 0 aromatic carbocycles. The van der Waals surface area contributed by atoms with Gasteiger partial charge in [-0.3, -0.25) is 0 Å². The van der Waals surface area contributed by atoms with Gasteiger partial charge >= 0.3 is 13.8 Å². The molecule has 0 bridgehead atoms. The van der Waals surface area contributed by atoms with Gasteiger partial charge in [0.15, 0.2) is 6.10 Å². The average Bonchev–Trinajstić information content (AvgIpc) is 2.18. The summed E-state index contributed by atoms with van der Waals surface area (Å²) in [5.74, 6) is -3.23. The van der Waals surface area contributed by atoms with Crippen molar-refractivity contribution in [1.29, 1.82) is 0 Å². The Morgan fingerprint density at radius 2 is 1.76 bits per heavy atom. The molecule has 0 radical (unpaired) electrons. The van der Waals surface area contributed by atoms with Crippen LogP contribution in [0.15, 0.2) is 0 Å².